The number of hydrogen-bond acceptors (Lipinski definition) is 4. The van der Waals surface area contributed by atoms with Gasteiger partial charge in [0.25, 0.3) is 0 Å². The standard InChI is InChI=1S/C16H17ClO4/c1-19-12-6-7-16(20-2)14(9-12)15(18)10-21-13-5-3-4-11(17)8-13/h3-9,15,18H,10H2,1-2H3. The lowest BCUT2D eigenvalue weighted by molar-refractivity contribution is 0.105. The second kappa shape index (κ2) is 7.20. The number of rotatable bonds is 6. The fraction of sp³-hybridized carbons (Fsp3) is 0.250. The van der Waals surface area contributed by atoms with E-state index < -0.39 is 6.10 Å². The Morgan fingerprint density at radius 3 is 2.52 bits per heavy atom. The highest BCUT2D eigenvalue weighted by atomic mass is 35.5. The lowest BCUT2D eigenvalue weighted by Crippen LogP contribution is -2.11. The van der Waals surface area contributed by atoms with Gasteiger partial charge in [0.1, 0.15) is 30.0 Å². The van der Waals surface area contributed by atoms with E-state index in [0.29, 0.717) is 27.8 Å². The van der Waals surface area contributed by atoms with E-state index in [1.807, 2.05) is 0 Å². The molecular weight excluding hydrogens is 292 g/mol. The lowest BCUT2D eigenvalue weighted by atomic mass is 10.1. The highest BCUT2D eigenvalue weighted by Gasteiger charge is 2.15. The molecule has 1 N–H and O–H groups in total. The van der Waals surface area contributed by atoms with Crippen molar-refractivity contribution >= 4 is 11.6 Å². The van der Waals surface area contributed by atoms with Crippen molar-refractivity contribution in [2.24, 2.45) is 0 Å². The summed E-state index contributed by atoms with van der Waals surface area (Å²) < 4.78 is 15.9. The van der Waals surface area contributed by atoms with Crippen LogP contribution in [0, 0.1) is 0 Å². The van der Waals surface area contributed by atoms with Crippen LogP contribution in [0.4, 0.5) is 0 Å². The molecule has 0 bridgehead atoms. The summed E-state index contributed by atoms with van der Waals surface area (Å²) in [5.74, 6) is 1.83. The maximum absolute atomic E-state index is 10.3. The summed E-state index contributed by atoms with van der Waals surface area (Å²) in [7, 11) is 3.12. The van der Waals surface area contributed by atoms with Crippen molar-refractivity contribution in [1.29, 1.82) is 0 Å². The first kappa shape index (κ1) is 15.5. The second-order valence-electron chi connectivity index (χ2n) is 4.39. The molecule has 5 heteroatoms. The summed E-state index contributed by atoms with van der Waals surface area (Å²) in [6, 6.07) is 12.3. The molecular formula is C16H17ClO4. The quantitative estimate of drug-likeness (QED) is 0.887. The first-order chi connectivity index (χ1) is 10.1. The largest absolute Gasteiger partial charge is 0.497 e. The van der Waals surface area contributed by atoms with E-state index in [2.05, 4.69) is 0 Å². The Bertz CT molecular complexity index is 601. The van der Waals surface area contributed by atoms with E-state index in [-0.39, 0.29) is 6.61 Å². The molecule has 0 saturated carbocycles. The zero-order chi connectivity index (χ0) is 15.2. The van der Waals surface area contributed by atoms with Crippen LogP contribution < -0.4 is 14.2 Å². The van der Waals surface area contributed by atoms with E-state index in [1.165, 1.54) is 0 Å². The van der Waals surface area contributed by atoms with Crippen LogP contribution in [-0.2, 0) is 0 Å². The molecule has 1 atom stereocenters. The Labute approximate surface area is 128 Å². The summed E-state index contributed by atoms with van der Waals surface area (Å²) in [5, 5.41) is 10.9. The Hall–Kier alpha value is -1.91. The Kier molecular flexibility index (Phi) is 5.31. The Balaban J connectivity index is 2.10. The van der Waals surface area contributed by atoms with E-state index in [1.54, 1.807) is 56.7 Å². The molecule has 0 aliphatic heterocycles. The Morgan fingerprint density at radius 2 is 1.86 bits per heavy atom. The van der Waals surface area contributed by atoms with Gasteiger partial charge in [-0.25, -0.2) is 0 Å². The van der Waals surface area contributed by atoms with Gasteiger partial charge in [0.2, 0.25) is 0 Å². The number of aliphatic hydroxyl groups excluding tert-OH is 1. The highest BCUT2D eigenvalue weighted by molar-refractivity contribution is 6.30. The van der Waals surface area contributed by atoms with Crippen molar-refractivity contribution in [1.82, 2.24) is 0 Å². The molecule has 0 amide bonds. The zero-order valence-electron chi connectivity index (χ0n) is 11.9. The fourth-order valence-electron chi connectivity index (χ4n) is 1.92. The molecule has 21 heavy (non-hydrogen) atoms. The molecule has 0 aliphatic carbocycles. The third-order valence-corrected chi connectivity index (χ3v) is 3.23. The number of aliphatic hydroxyl groups is 1. The molecule has 0 heterocycles. The summed E-state index contributed by atoms with van der Waals surface area (Å²) in [6.07, 6.45) is -0.839. The van der Waals surface area contributed by atoms with Gasteiger partial charge in [-0.3, -0.25) is 0 Å². The lowest BCUT2D eigenvalue weighted by Gasteiger charge is -2.16. The SMILES string of the molecule is COc1ccc(OC)c(C(O)COc2cccc(Cl)c2)c1. The summed E-state index contributed by atoms with van der Waals surface area (Å²) in [4.78, 5) is 0. The van der Waals surface area contributed by atoms with Gasteiger partial charge < -0.3 is 19.3 Å². The van der Waals surface area contributed by atoms with E-state index in [9.17, 15) is 5.11 Å². The minimum absolute atomic E-state index is 0.0872. The predicted octanol–water partition coefficient (Wildman–Crippen LogP) is 3.47. The molecule has 4 nitrogen and oxygen atoms in total. The summed E-state index contributed by atoms with van der Waals surface area (Å²) in [6.45, 7) is 0.0872. The van der Waals surface area contributed by atoms with Gasteiger partial charge in [0.05, 0.1) is 14.2 Å². The van der Waals surface area contributed by atoms with Crippen LogP contribution in [0.2, 0.25) is 5.02 Å². The van der Waals surface area contributed by atoms with Crippen LogP contribution in [-0.4, -0.2) is 25.9 Å². The molecule has 0 fully saturated rings. The molecule has 112 valence electrons. The molecule has 0 radical (unpaired) electrons. The van der Waals surface area contributed by atoms with Crippen LogP contribution >= 0.6 is 11.6 Å². The summed E-state index contributed by atoms with van der Waals surface area (Å²) in [5.41, 5.74) is 0.610. The van der Waals surface area contributed by atoms with Crippen LogP contribution in [0.25, 0.3) is 0 Å². The summed E-state index contributed by atoms with van der Waals surface area (Å²) >= 11 is 5.89. The van der Waals surface area contributed by atoms with Gasteiger partial charge in [0.15, 0.2) is 0 Å². The number of hydrogen-bond donors (Lipinski definition) is 1. The monoisotopic (exact) mass is 308 g/mol. The first-order valence-electron chi connectivity index (χ1n) is 6.42. The van der Waals surface area contributed by atoms with Gasteiger partial charge >= 0.3 is 0 Å². The fourth-order valence-corrected chi connectivity index (χ4v) is 2.10. The number of halogens is 1. The molecule has 1 unspecified atom stereocenters. The van der Waals surface area contributed by atoms with Gasteiger partial charge in [-0.05, 0) is 36.4 Å². The van der Waals surface area contributed by atoms with Crippen molar-refractivity contribution in [3.8, 4) is 17.2 Å². The van der Waals surface area contributed by atoms with Crippen molar-refractivity contribution in [3.05, 3.63) is 53.1 Å². The minimum Gasteiger partial charge on any atom is -0.497 e. The first-order valence-corrected chi connectivity index (χ1v) is 6.80. The van der Waals surface area contributed by atoms with Crippen LogP contribution in [0.3, 0.4) is 0 Å². The number of ether oxygens (including phenoxy) is 3. The molecule has 0 aromatic heterocycles. The van der Waals surface area contributed by atoms with E-state index in [4.69, 9.17) is 25.8 Å². The van der Waals surface area contributed by atoms with E-state index in [0.717, 1.165) is 0 Å². The maximum atomic E-state index is 10.3. The van der Waals surface area contributed by atoms with Crippen LogP contribution in [0.15, 0.2) is 42.5 Å². The third kappa shape index (κ3) is 4.03. The molecule has 2 aromatic carbocycles. The average molecular weight is 309 g/mol. The van der Waals surface area contributed by atoms with Crippen LogP contribution in [0.1, 0.15) is 11.7 Å². The van der Waals surface area contributed by atoms with Crippen LogP contribution in [0.5, 0.6) is 17.2 Å². The average Bonchev–Trinajstić information content (AvgIpc) is 2.52. The molecule has 0 aliphatic rings. The smallest absolute Gasteiger partial charge is 0.125 e. The van der Waals surface area contributed by atoms with Crippen molar-refractivity contribution in [3.63, 3.8) is 0 Å². The Morgan fingerprint density at radius 1 is 1.05 bits per heavy atom. The van der Waals surface area contributed by atoms with Crippen molar-refractivity contribution < 1.29 is 19.3 Å². The second-order valence-corrected chi connectivity index (χ2v) is 4.83. The minimum atomic E-state index is -0.839. The number of benzene rings is 2. The zero-order valence-corrected chi connectivity index (χ0v) is 12.6. The molecule has 2 aromatic rings. The van der Waals surface area contributed by atoms with Gasteiger partial charge in [-0.1, -0.05) is 17.7 Å². The number of methoxy groups -OCH3 is 2. The molecule has 2 rings (SSSR count). The predicted molar refractivity (Wildman–Crippen MR) is 81.5 cm³/mol. The molecule has 0 spiro atoms. The highest BCUT2D eigenvalue weighted by Crippen LogP contribution is 2.30. The van der Waals surface area contributed by atoms with Gasteiger partial charge in [0, 0.05) is 10.6 Å². The maximum Gasteiger partial charge on any atom is 0.125 e. The van der Waals surface area contributed by atoms with Gasteiger partial charge in [-0.2, -0.15) is 0 Å². The topological polar surface area (TPSA) is 47.9 Å². The third-order valence-electron chi connectivity index (χ3n) is 3.00. The van der Waals surface area contributed by atoms with Gasteiger partial charge in [-0.15, -0.1) is 0 Å². The molecule has 0 saturated heterocycles. The normalized spacial score (nSPS) is 11.8. The van der Waals surface area contributed by atoms with E-state index >= 15 is 0 Å². The van der Waals surface area contributed by atoms with Crippen molar-refractivity contribution in [2.45, 2.75) is 6.10 Å². The van der Waals surface area contributed by atoms with Crippen molar-refractivity contribution in [2.75, 3.05) is 20.8 Å².